The Morgan fingerprint density at radius 1 is 1.24 bits per heavy atom. The second-order valence-corrected chi connectivity index (χ2v) is 5.38. The second-order valence-electron chi connectivity index (χ2n) is 5.38. The number of carbonyl (C=O) groups is 1. The van der Waals surface area contributed by atoms with E-state index in [1.54, 1.807) is 0 Å². The molecule has 0 spiro atoms. The standard InChI is InChI=1S/C16H22O/c1-12-7-8-13(2)15(11-12)9-10-16(17)14-5-3-4-6-14/h7-8,11,14H,3-6,9-10H2,1-2H3. The second kappa shape index (κ2) is 5.48. The van der Waals surface area contributed by atoms with Gasteiger partial charge in [0.05, 0.1) is 0 Å². The number of rotatable bonds is 4. The molecule has 0 heterocycles. The molecule has 0 N–H and O–H groups in total. The van der Waals surface area contributed by atoms with Gasteiger partial charge in [0.15, 0.2) is 0 Å². The zero-order valence-electron chi connectivity index (χ0n) is 11.0. The molecule has 1 heteroatoms. The number of Topliss-reactive ketones (excluding diaryl/α,β-unsaturated/α-hetero) is 1. The summed E-state index contributed by atoms with van der Waals surface area (Å²) >= 11 is 0. The zero-order valence-corrected chi connectivity index (χ0v) is 11.0. The summed E-state index contributed by atoms with van der Waals surface area (Å²) in [5.74, 6) is 0.864. The van der Waals surface area contributed by atoms with Crippen LogP contribution in [-0.2, 0) is 11.2 Å². The molecule has 1 nitrogen and oxygen atoms in total. The van der Waals surface area contributed by atoms with Crippen molar-refractivity contribution in [2.24, 2.45) is 5.92 Å². The lowest BCUT2D eigenvalue weighted by atomic mass is 9.94. The number of hydrogen-bond acceptors (Lipinski definition) is 1. The van der Waals surface area contributed by atoms with Crippen molar-refractivity contribution in [3.63, 3.8) is 0 Å². The first-order valence-electron chi connectivity index (χ1n) is 6.75. The van der Waals surface area contributed by atoms with E-state index in [2.05, 4.69) is 32.0 Å². The van der Waals surface area contributed by atoms with Gasteiger partial charge in [-0.2, -0.15) is 0 Å². The normalized spacial score (nSPS) is 16.4. The number of hydrogen-bond donors (Lipinski definition) is 0. The molecule has 1 aromatic rings. The van der Waals surface area contributed by atoms with Crippen LogP contribution in [0.2, 0.25) is 0 Å². The SMILES string of the molecule is Cc1ccc(C)c(CCC(=O)C2CCCC2)c1. The Balaban J connectivity index is 1.92. The molecule has 1 saturated carbocycles. The van der Waals surface area contributed by atoms with Crippen molar-refractivity contribution in [2.75, 3.05) is 0 Å². The summed E-state index contributed by atoms with van der Waals surface area (Å²) in [6.45, 7) is 4.25. The molecule has 0 radical (unpaired) electrons. The van der Waals surface area contributed by atoms with E-state index in [4.69, 9.17) is 0 Å². The summed E-state index contributed by atoms with van der Waals surface area (Å²) in [6.07, 6.45) is 6.41. The van der Waals surface area contributed by atoms with E-state index in [9.17, 15) is 4.79 Å². The van der Waals surface area contributed by atoms with Gasteiger partial charge in [0.1, 0.15) is 5.78 Å². The topological polar surface area (TPSA) is 17.1 Å². The molecular weight excluding hydrogens is 208 g/mol. The summed E-state index contributed by atoms with van der Waals surface area (Å²) < 4.78 is 0. The van der Waals surface area contributed by atoms with Gasteiger partial charge in [-0.1, -0.05) is 36.6 Å². The molecule has 0 unspecified atom stereocenters. The van der Waals surface area contributed by atoms with Crippen LogP contribution in [-0.4, -0.2) is 5.78 Å². The molecular formula is C16H22O. The Morgan fingerprint density at radius 3 is 2.65 bits per heavy atom. The fraction of sp³-hybridized carbons (Fsp3) is 0.562. The zero-order chi connectivity index (χ0) is 12.3. The van der Waals surface area contributed by atoms with Crippen LogP contribution in [0, 0.1) is 19.8 Å². The van der Waals surface area contributed by atoms with Crippen LogP contribution in [0.25, 0.3) is 0 Å². The Kier molecular flexibility index (Phi) is 3.98. The first kappa shape index (κ1) is 12.3. The average Bonchev–Trinajstić information content (AvgIpc) is 2.83. The van der Waals surface area contributed by atoms with E-state index in [0.29, 0.717) is 11.7 Å². The van der Waals surface area contributed by atoms with Gasteiger partial charge in [0.25, 0.3) is 0 Å². The lowest BCUT2D eigenvalue weighted by Gasteiger charge is -2.10. The van der Waals surface area contributed by atoms with Crippen LogP contribution in [0.3, 0.4) is 0 Å². The maximum absolute atomic E-state index is 12.0. The minimum Gasteiger partial charge on any atom is -0.299 e. The van der Waals surface area contributed by atoms with Crippen molar-refractivity contribution in [2.45, 2.75) is 52.4 Å². The summed E-state index contributed by atoms with van der Waals surface area (Å²) in [4.78, 5) is 12.0. The highest BCUT2D eigenvalue weighted by Gasteiger charge is 2.22. The Labute approximate surface area is 104 Å². The first-order valence-corrected chi connectivity index (χ1v) is 6.75. The minimum absolute atomic E-state index is 0.375. The van der Waals surface area contributed by atoms with Crippen LogP contribution in [0.15, 0.2) is 18.2 Å². The summed E-state index contributed by atoms with van der Waals surface area (Å²) in [5, 5.41) is 0. The fourth-order valence-corrected chi connectivity index (χ4v) is 2.78. The van der Waals surface area contributed by atoms with Crippen molar-refractivity contribution in [1.29, 1.82) is 0 Å². The van der Waals surface area contributed by atoms with Gasteiger partial charge in [-0.05, 0) is 44.2 Å². The highest BCUT2D eigenvalue weighted by molar-refractivity contribution is 5.81. The molecule has 0 saturated heterocycles. The van der Waals surface area contributed by atoms with E-state index in [1.807, 2.05) is 0 Å². The minimum atomic E-state index is 0.375. The summed E-state index contributed by atoms with van der Waals surface area (Å²) in [7, 11) is 0. The lowest BCUT2D eigenvalue weighted by molar-refractivity contribution is -0.122. The maximum atomic E-state index is 12.0. The molecule has 0 bridgehead atoms. The molecule has 1 aliphatic rings. The number of aryl methyl sites for hydroxylation is 3. The van der Waals surface area contributed by atoms with E-state index in [0.717, 1.165) is 25.7 Å². The molecule has 1 fully saturated rings. The molecule has 0 aromatic heterocycles. The molecule has 0 atom stereocenters. The Bertz CT molecular complexity index is 400. The number of ketones is 1. The van der Waals surface area contributed by atoms with Gasteiger partial charge in [-0.25, -0.2) is 0 Å². The quantitative estimate of drug-likeness (QED) is 0.764. The molecule has 0 amide bonds. The average molecular weight is 230 g/mol. The van der Waals surface area contributed by atoms with E-state index in [1.165, 1.54) is 29.5 Å². The molecule has 1 aromatic carbocycles. The van der Waals surface area contributed by atoms with Crippen LogP contribution in [0.1, 0.15) is 48.8 Å². The van der Waals surface area contributed by atoms with Crippen LogP contribution in [0.5, 0.6) is 0 Å². The number of carbonyl (C=O) groups excluding carboxylic acids is 1. The van der Waals surface area contributed by atoms with Crippen molar-refractivity contribution >= 4 is 5.78 Å². The molecule has 2 rings (SSSR count). The van der Waals surface area contributed by atoms with Crippen molar-refractivity contribution in [3.05, 3.63) is 34.9 Å². The third-order valence-corrected chi connectivity index (χ3v) is 3.96. The third-order valence-electron chi connectivity index (χ3n) is 3.96. The van der Waals surface area contributed by atoms with Gasteiger partial charge in [-0.3, -0.25) is 4.79 Å². The van der Waals surface area contributed by atoms with E-state index >= 15 is 0 Å². The van der Waals surface area contributed by atoms with Gasteiger partial charge >= 0.3 is 0 Å². The summed E-state index contributed by atoms with van der Waals surface area (Å²) in [6, 6.07) is 6.51. The van der Waals surface area contributed by atoms with Gasteiger partial charge in [0, 0.05) is 12.3 Å². The highest BCUT2D eigenvalue weighted by atomic mass is 16.1. The van der Waals surface area contributed by atoms with Crippen molar-refractivity contribution in [1.82, 2.24) is 0 Å². The van der Waals surface area contributed by atoms with E-state index < -0.39 is 0 Å². The van der Waals surface area contributed by atoms with E-state index in [-0.39, 0.29) is 0 Å². The predicted octanol–water partition coefficient (Wildman–Crippen LogP) is 4.00. The van der Waals surface area contributed by atoms with Crippen LogP contribution >= 0.6 is 0 Å². The molecule has 92 valence electrons. The Hall–Kier alpha value is -1.11. The maximum Gasteiger partial charge on any atom is 0.136 e. The summed E-state index contributed by atoms with van der Waals surface area (Å²) in [5.41, 5.74) is 3.95. The molecule has 17 heavy (non-hydrogen) atoms. The highest BCUT2D eigenvalue weighted by Crippen LogP contribution is 2.27. The molecule has 0 aliphatic heterocycles. The van der Waals surface area contributed by atoms with Crippen LogP contribution < -0.4 is 0 Å². The monoisotopic (exact) mass is 230 g/mol. The van der Waals surface area contributed by atoms with Crippen LogP contribution in [0.4, 0.5) is 0 Å². The van der Waals surface area contributed by atoms with Gasteiger partial charge < -0.3 is 0 Å². The lowest BCUT2D eigenvalue weighted by Crippen LogP contribution is -2.11. The van der Waals surface area contributed by atoms with Crippen molar-refractivity contribution < 1.29 is 4.79 Å². The fourth-order valence-electron chi connectivity index (χ4n) is 2.78. The third kappa shape index (κ3) is 3.18. The van der Waals surface area contributed by atoms with Gasteiger partial charge in [-0.15, -0.1) is 0 Å². The largest absolute Gasteiger partial charge is 0.299 e. The predicted molar refractivity (Wildman–Crippen MR) is 71.2 cm³/mol. The first-order chi connectivity index (χ1) is 8.16. The van der Waals surface area contributed by atoms with Crippen molar-refractivity contribution in [3.8, 4) is 0 Å². The smallest absolute Gasteiger partial charge is 0.136 e. The Morgan fingerprint density at radius 2 is 1.94 bits per heavy atom. The van der Waals surface area contributed by atoms with Gasteiger partial charge in [0.2, 0.25) is 0 Å². The number of benzene rings is 1. The molecule has 1 aliphatic carbocycles.